The molecule has 0 saturated carbocycles. The van der Waals surface area contributed by atoms with E-state index in [9.17, 15) is 19.5 Å². The molecule has 0 aromatic rings. The zero-order valence-corrected chi connectivity index (χ0v) is 55.7. The SMILES string of the molecule is CC/C=C\C/C=C\C/C=C\C/C=C\C/C=C\C/C=C\CCCCCCCCCCCCC(=O)OC(COC(=O)CCCCCCCCCCCCCCCCCC/C=C\C/C=C\C/C=C\CCCCCCC)COC(OCC[N+](C)(C)C)C(=O)O. The van der Waals surface area contributed by atoms with Crippen molar-refractivity contribution < 1.29 is 42.9 Å². The molecule has 0 aliphatic rings. The molecule has 0 heterocycles. The van der Waals surface area contributed by atoms with E-state index in [2.05, 4.69) is 123 Å². The maximum absolute atomic E-state index is 12.9. The van der Waals surface area contributed by atoms with Crippen LogP contribution in [0.25, 0.3) is 0 Å². The number of carbonyl (C=O) groups excluding carboxylic acids is 2. The number of ether oxygens (including phenoxy) is 4. The number of rotatable bonds is 64. The van der Waals surface area contributed by atoms with Gasteiger partial charge in [0.05, 0.1) is 34.4 Å². The second-order valence-corrected chi connectivity index (χ2v) is 24.5. The zero-order chi connectivity index (χ0) is 61.9. The van der Waals surface area contributed by atoms with Crippen LogP contribution < -0.4 is 0 Å². The van der Waals surface area contributed by atoms with Crippen LogP contribution in [-0.4, -0.2) is 87.4 Å². The average Bonchev–Trinajstić information content (AvgIpc) is 3.48. The quantitative estimate of drug-likeness (QED) is 0.0211. The molecule has 0 saturated heterocycles. The van der Waals surface area contributed by atoms with Crippen LogP contribution in [0, 0.1) is 0 Å². The van der Waals surface area contributed by atoms with Crippen molar-refractivity contribution >= 4 is 17.9 Å². The molecule has 85 heavy (non-hydrogen) atoms. The fourth-order valence-corrected chi connectivity index (χ4v) is 9.67. The first kappa shape index (κ1) is 81.0. The maximum atomic E-state index is 12.9. The Bertz CT molecular complexity index is 1760. The van der Waals surface area contributed by atoms with Crippen LogP contribution in [0.1, 0.15) is 296 Å². The predicted octanol–water partition coefficient (Wildman–Crippen LogP) is 21.8. The molecule has 0 bridgehead atoms. The zero-order valence-electron chi connectivity index (χ0n) is 55.7. The van der Waals surface area contributed by atoms with E-state index >= 15 is 0 Å². The van der Waals surface area contributed by atoms with Crippen molar-refractivity contribution in [2.45, 2.75) is 309 Å². The van der Waals surface area contributed by atoms with Gasteiger partial charge in [-0.15, -0.1) is 0 Å². The second-order valence-electron chi connectivity index (χ2n) is 24.5. The Hall–Kier alpha value is -4.05. The number of carbonyl (C=O) groups is 3. The molecule has 2 unspecified atom stereocenters. The number of unbranched alkanes of at least 4 members (excludes halogenated alkanes) is 31. The average molecular weight is 1190 g/mol. The number of carboxylic acid groups (broad SMARTS) is 1. The number of allylic oxidation sites excluding steroid dienone is 18. The Labute approximate surface area is 524 Å². The highest BCUT2D eigenvalue weighted by Crippen LogP contribution is 2.17. The summed E-state index contributed by atoms with van der Waals surface area (Å²) >= 11 is 0. The molecule has 0 aromatic heterocycles. The molecule has 9 heteroatoms. The summed E-state index contributed by atoms with van der Waals surface area (Å²) < 4.78 is 23.0. The Morgan fingerprint density at radius 3 is 1.00 bits per heavy atom. The molecule has 0 spiro atoms. The number of nitrogens with zero attached hydrogens (tertiary/aromatic N) is 1. The fraction of sp³-hybridized carbons (Fsp3) is 0.724. The largest absolute Gasteiger partial charge is 0.477 e. The Morgan fingerprint density at radius 2 is 0.671 bits per heavy atom. The van der Waals surface area contributed by atoms with Crippen LogP contribution >= 0.6 is 0 Å². The number of hydrogen-bond acceptors (Lipinski definition) is 7. The molecule has 0 aromatic carbocycles. The van der Waals surface area contributed by atoms with E-state index < -0.39 is 24.3 Å². The van der Waals surface area contributed by atoms with Crippen molar-refractivity contribution in [1.82, 2.24) is 0 Å². The van der Waals surface area contributed by atoms with Gasteiger partial charge in [0.1, 0.15) is 13.2 Å². The molecular weight excluding hydrogens is 1050 g/mol. The van der Waals surface area contributed by atoms with Gasteiger partial charge < -0.3 is 28.5 Å². The summed E-state index contributed by atoms with van der Waals surface area (Å²) in [7, 11) is 5.97. The summed E-state index contributed by atoms with van der Waals surface area (Å²) in [5.41, 5.74) is 0. The minimum absolute atomic E-state index is 0.183. The van der Waals surface area contributed by atoms with E-state index in [0.29, 0.717) is 23.9 Å². The van der Waals surface area contributed by atoms with Crippen molar-refractivity contribution in [3.05, 3.63) is 109 Å². The smallest absolute Gasteiger partial charge is 0.361 e. The number of carboxylic acids is 1. The molecule has 488 valence electrons. The summed E-state index contributed by atoms with van der Waals surface area (Å²) in [6.45, 7) is 4.77. The van der Waals surface area contributed by atoms with Crippen molar-refractivity contribution in [3.8, 4) is 0 Å². The summed E-state index contributed by atoms with van der Waals surface area (Å²) in [6, 6.07) is 0. The topological polar surface area (TPSA) is 108 Å². The van der Waals surface area contributed by atoms with E-state index in [1.54, 1.807) is 0 Å². The van der Waals surface area contributed by atoms with Gasteiger partial charge in [0.2, 0.25) is 0 Å². The molecular formula is C76H132NO8+. The van der Waals surface area contributed by atoms with Gasteiger partial charge in [0.25, 0.3) is 6.29 Å². The van der Waals surface area contributed by atoms with Gasteiger partial charge in [-0.2, -0.15) is 0 Å². The number of hydrogen-bond donors (Lipinski definition) is 1. The normalized spacial score (nSPS) is 13.4. The molecule has 0 amide bonds. The second kappa shape index (κ2) is 65.9. The highest BCUT2D eigenvalue weighted by atomic mass is 16.7. The molecule has 0 rings (SSSR count). The van der Waals surface area contributed by atoms with Gasteiger partial charge in [-0.3, -0.25) is 9.59 Å². The monoisotopic (exact) mass is 1190 g/mol. The van der Waals surface area contributed by atoms with Gasteiger partial charge in [-0.1, -0.05) is 290 Å². The molecule has 0 aliphatic carbocycles. The fourth-order valence-electron chi connectivity index (χ4n) is 9.67. The minimum atomic E-state index is -1.52. The molecule has 0 radical (unpaired) electrons. The molecule has 0 fully saturated rings. The summed E-state index contributed by atoms with van der Waals surface area (Å²) in [4.78, 5) is 37.6. The molecule has 2 atom stereocenters. The first-order valence-corrected chi connectivity index (χ1v) is 35.1. The Balaban J connectivity index is 4.14. The summed E-state index contributed by atoms with van der Waals surface area (Å²) in [6.07, 6.45) is 89.1. The highest BCUT2D eigenvalue weighted by Gasteiger charge is 2.25. The van der Waals surface area contributed by atoms with Crippen LogP contribution in [0.4, 0.5) is 0 Å². The Morgan fingerprint density at radius 1 is 0.365 bits per heavy atom. The van der Waals surface area contributed by atoms with Crippen LogP contribution in [0.5, 0.6) is 0 Å². The highest BCUT2D eigenvalue weighted by molar-refractivity contribution is 5.71. The van der Waals surface area contributed by atoms with Crippen LogP contribution in [0.3, 0.4) is 0 Å². The van der Waals surface area contributed by atoms with Crippen molar-refractivity contribution in [1.29, 1.82) is 0 Å². The standard InChI is InChI=1S/C76H131NO8/c1-6-8-10-12-14-16-18-20-22-24-26-28-30-32-34-36-37-39-40-42-44-46-48-50-52-54-56-58-60-62-64-66-73(78)83-70-72(71-84-76(75(80)81)82-69-68-77(3,4)5)85-74(79)67-65-63-61-59-57-55-53-51-49-47-45-43-41-38-35-33-31-29-27-25-23-21-19-17-15-13-11-9-7-2/h9,11,15,17-18,20-21,23-24,26-27,29-30,32-33,35,41,43,72,76H,6-8,10,12-14,16,19,22,25,28,31,34,36-40,42,44-71H2,1-5H3/p+1/b11-9-,17-15-,20-18-,23-21-,26-24-,29-27-,32-30-,35-33-,43-41-. The number of likely N-dealkylation sites (N-methyl/N-ethyl adjacent to an activating group) is 1. The lowest BCUT2D eigenvalue weighted by Gasteiger charge is -2.25. The van der Waals surface area contributed by atoms with Crippen LogP contribution in [0.15, 0.2) is 109 Å². The van der Waals surface area contributed by atoms with Gasteiger partial charge in [-0.25, -0.2) is 4.79 Å². The van der Waals surface area contributed by atoms with Crippen LogP contribution in [-0.2, 0) is 33.3 Å². The summed E-state index contributed by atoms with van der Waals surface area (Å²) in [5, 5.41) is 9.75. The third kappa shape index (κ3) is 67.3. The third-order valence-electron chi connectivity index (χ3n) is 15.0. The maximum Gasteiger partial charge on any atom is 0.361 e. The van der Waals surface area contributed by atoms with Gasteiger partial charge in [0.15, 0.2) is 6.10 Å². The van der Waals surface area contributed by atoms with E-state index in [1.807, 2.05) is 21.1 Å². The van der Waals surface area contributed by atoms with E-state index in [0.717, 1.165) is 96.3 Å². The number of quaternary nitrogens is 1. The molecule has 0 aliphatic heterocycles. The van der Waals surface area contributed by atoms with E-state index in [1.165, 1.54) is 167 Å². The van der Waals surface area contributed by atoms with E-state index in [-0.39, 0.29) is 32.2 Å². The lowest BCUT2D eigenvalue weighted by molar-refractivity contribution is -0.870. The third-order valence-corrected chi connectivity index (χ3v) is 15.0. The summed E-state index contributed by atoms with van der Waals surface area (Å²) in [5.74, 6) is -2.01. The van der Waals surface area contributed by atoms with Gasteiger partial charge in [0, 0.05) is 12.8 Å². The molecule has 1 N–H and O–H groups in total. The number of esters is 2. The first-order chi connectivity index (χ1) is 41.6. The lowest BCUT2D eigenvalue weighted by Crippen LogP contribution is -2.40. The van der Waals surface area contributed by atoms with Crippen molar-refractivity contribution in [2.24, 2.45) is 0 Å². The van der Waals surface area contributed by atoms with Gasteiger partial charge >= 0.3 is 17.9 Å². The Kier molecular flexibility index (Phi) is 62.8. The lowest BCUT2D eigenvalue weighted by atomic mass is 10.0. The van der Waals surface area contributed by atoms with E-state index in [4.69, 9.17) is 18.9 Å². The van der Waals surface area contributed by atoms with Gasteiger partial charge in [-0.05, 0) is 103 Å². The predicted molar refractivity (Wildman–Crippen MR) is 364 cm³/mol. The van der Waals surface area contributed by atoms with Crippen molar-refractivity contribution in [2.75, 3.05) is 47.5 Å². The number of aliphatic carboxylic acids is 1. The molecule has 9 nitrogen and oxygen atoms in total. The minimum Gasteiger partial charge on any atom is -0.477 e. The first-order valence-electron chi connectivity index (χ1n) is 35.1. The van der Waals surface area contributed by atoms with Crippen LogP contribution in [0.2, 0.25) is 0 Å². The van der Waals surface area contributed by atoms with Crippen molar-refractivity contribution in [3.63, 3.8) is 0 Å².